The third-order valence-corrected chi connectivity index (χ3v) is 3.42. The Morgan fingerprint density at radius 3 is 2.95 bits per heavy atom. The third-order valence-electron chi connectivity index (χ3n) is 3.12. The number of rotatable bonds is 5. The Morgan fingerprint density at radius 1 is 1.55 bits per heavy atom. The number of nitrogens with two attached hydrogens (primary N) is 1. The zero-order valence-corrected chi connectivity index (χ0v) is 12.2. The fourth-order valence-corrected chi connectivity index (χ4v) is 2.22. The second-order valence-corrected chi connectivity index (χ2v) is 5.20. The minimum absolute atomic E-state index is 0.145. The van der Waals surface area contributed by atoms with Crippen LogP contribution in [0.5, 0.6) is 5.75 Å². The van der Waals surface area contributed by atoms with Crippen molar-refractivity contribution in [3.05, 3.63) is 23.2 Å². The van der Waals surface area contributed by atoms with E-state index in [1.165, 1.54) is 0 Å². The number of halogens is 1. The molecule has 0 radical (unpaired) electrons. The van der Waals surface area contributed by atoms with Gasteiger partial charge in [0, 0.05) is 11.7 Å². The molecule has 6 heteroatoms. The van der Waals surface area contributed by atoms with Crippen molar-refractivity contribution in [2.45, 2.75) is 19.4 Å². The normalized spacial score (nSPS) is 21.8. The average Bonchev–Trinajstić information content (AvgIpc) is 2.84. The van der Waals surface area contributed by atoms with Crippen LogP contribution in [0.4, 0.5) is 5.69 Å². The highest BCUT2D eigenvalue weighted by atomic mass is 35.5. The van der Waals surface area contributed by atoms with Crippen molar-refractivity contribution in [3.63, 3.8) is 0 Å². The molecule has 5 nitrogen and oxygen atoms in total. The van der Waals surface area contributed by atoms with Gasteiger partial charge >= 0.3 is 0 Å². The van der Waals surface area contributed by atoms with Gasteiger partial charge in [-0.05, 0) is 24.6 Å². The molecule has 1 saturated heterocycles. The van der Waals surface area contributed by atoms with E-state index in [-0.39, 0.29) is 17.9 Å². The van der Waals surface area contributed by atoms with E-state index in [4.69, 9.17) is 26.8 Å². The summed E-state index contributed by atoms with van der Waals surface area (Å²) < 4.78 is 10.7. The Labute approximate surface area is 123 Å². The second-order valence-electron chi connectivity index (χ2n) is 4.79. The first-order valence-corrected chi connectivity index (χ1v) is 7.06. The zero-order valence-electron chi connectivity index (χ0n) is 11.4. The predicted molar refractivity (Wildman–Crippen MR) is 78.2 cm³/mol. The Kier molecular flexibility index (Phi) is 5.23. The van der Waals surface area contributed by atoms with Gasteiger partial charge < -0.3 is 20.5 Å². The lowest BCUT2D eigenvalue weighted by Crippen LogP contribution is -2.37. The summed E-state index contributed by atoms with van der Waals surface area (Å²) in [5, 5.41) is 3.27. The monoisotopic (exact) mass is 298 g/mol. The molecule has 3 N–H and O–H groups in total. The Balaban J connectivity index is 1.99. The Hall–Kier alpha value is -1.30. The number of carbonyl (C=O) groups is 1. The minimum Gasteiger partial charge on any atom is -0.492 e. The largest absolute Gasteiger partial charge is 0.492 e. The maximum atomic E-state index is 12.0. The molecule has 0 bridgehead atoms. The van der Waals surface area contributed by atoms with E-state index in [0.717, 1.165) is 6.42 Å². The van der Waals surface area contributed by atoms with Crippen molar-refractivity contribution in [2.75, 3.05) is 25.1 Å². The van der Waals surface area contributed by atoms with Crippen molar-refractivity contribution in [3.8, 4) is 5.75 Å². The molecule has 1 heterocycles. The number of amides is 1. The van der Waals surface area contributed by atoms with Gasteiger partial charge in [-0.3, -0.25) is 4.79 Å². The van der Waals surface area contributed by atoms with Gasteiger partial charge in [0.2, 0.25) is 5.91 Å². The summed E-state index contributed by atoms with van der Waals surface area (Å²) in [5.74, 6) is 0.158. The van der Waals surface area contributed by atoms with Crippen molar-refractivity contribution in [2.24, 2.45) is 11.7 Å². The van der Waals surface area contributed by atoms with Gasteiger partial charge in [0.05, 0.1) is 30.8 Å². The fourth-order valence-electron chi connectivity index (χ4n) is 1.98. The van der Waals surface area contributed by atoms with Crippen LogP contribution in [0.2, 0.25) is 5.02 Å². The van der Waals surface area contributed by atoms with E-state index >= 15 is 0 Å². The molecule has 2 unspecified atom stereocenters. The Morgan fingerprint density at radius 2 is 2.35 bits per heavy atom. The summed E-state index contributed by atoms with van der Waals surface area (Å²) in [5.41, 5.74) is 6.44. The molecule has 0 saturated carbocycles. The molecule has 1 aliphatic heterocycles. The molecule has 1 aromatic rings. The predicted octanol–water partition coefficient (Wildman–Crippen LogP) is 2.04. The van der Waals surface area contributed by atoms with Crippen LogP contribution >= 0.6 is 11.6 Å². The molecule has 1 amide bonds. The molecule has 1 aromatic carbocycles. The maximum Gasteiger partial charge on any atom is 0.231 e. The highest BCUT2D eigenvalue weighted by Gasteiger charge is 2.31. The molecule has 1 aliphatic rings. The summed E-state index contributed by atoms with van der Waals surface area (Å²) in [6, 6.07) is 4.93. The van der Waals surface area contributed by atoms with Crippen LogP contribution < -0.4 is 15.8 Å². The van der Waals surface area contributed by atoms with Crippen LogP contribution in [-0.2, 0) is 9.53 Å². The lowest BCUT2D eigenvalue weighted by molar-refractivity contribution is -0.120. The number of anilines is 1. The van der Waals surface area contributed by atoms with Gasteiger partial charge in [-0.25, -0.2) is 0 Å². The molecule has 2 atom stereocenters. The topological polar surface area (TPSA) is 73.6 Å². The van der Waals surface area contributed by atoms with Crippen LogP contribution in [-0.4, -0.2) is 31.8 Å². The summed E-state index contributed by atoms with van der Waals surface area (Å²) in [7, 11) is 0. The Bertz CT molecular complexity index is 481. The molecular weight excluding hydrogens is 280 g/mol. The van der Waals surface area contributed by atoms with Crippen LogP contribution in [0.15, 0.2) is 18.2 Å². The van der Waals surface area contributed by atoms with Crippen molar-refractivity contribution >= 4 is 23.2 Å². The van der Waals surface area contributed by atoms with Gasteiger partial charge in [-0.15, -0.1) is 0 Å². The highest BCUT2D eigenvalue weighted by Crippen LogP contribution is 2.28. The van der Waals surface area contributed by atoms with Gasteiger partial charge in [-0.1, -0.05) is 18.5 Å². The van der Waals surface area contributed by atoms with Gasteiger partial charge in [0.1, 0.15) is 5.75 Å². The number of ether oxygens (including phenoxy) is 2. The van der Waals surface area contributed by atoms with Crippen LogP contribution in [0, 0.1) is 5.92 Å². The van der Waals surface area contributed by atoms with Gasteiger partial charge in [0.25, 0.3) is 0 Å². The molecule has 0 aromatic heterocycles. The quantitative estimate of drug-likeness (QED) is 0.872. The average molecular weight is 299 g/mol. The number of benzene rings is 1. The lowest BCUT2D eigenvalue weighted by atomic mass is 10.0. The lowest BCUT2D eigenvalue weighted by Gasteiger charge is -2.14. The van der Waals surface area contributed by atoms with Crippen molar-refractivity contribution in [1.29, 1.82) is 0 Å². The zero-order chi connectivity index (χ0) is 14.5. The van der Waals surface area contributed by atoms with Crippen molar-refractivity contribution in [1.82, 2.24) is 0 Å². The molecule has 2 rings (SSSR count). The summed E-state index contributed by atoms with van der Waals surface area (Å²) in [4.78, 5) is 12.0. The van der Waals surface area contributed by atoms with E-state index in [1.54, 1.807) is 18.2 Å². The molecule has 1 fully saturated rings. The number of carbonyl (C=O) groups excluding carboxylic acids is 1. The van der Waals surface area contributed by atoms with Crippen molar-refractivity contribution < 1.29 is 14.3 Å². The van der Waals surface area contributed by atoms with Crippen LogP contribution in [0.1, 0.15) is 13.3 Å². The third kappa shape index (κ3) is 3.62. The van der Waals surface area contributed by atoms with Gasteiger partial charge in [0.15, 0.2) is 0 Å². The standard InChI is InChI=1S/C14H19ClN2O3/c1-2-5-20-13-4-3-9(6-11(13)15)17-14(18)10-7-19-8-12(10)16/h3-4,6,10,12H,2,5,7-8,16H2,1H3,(H,17,18). The summed E-state index contributed by atoms with van der Waals surface area (Å²) in [6.07, 6.45) is 0.911. The highest BCUT2D eigenvalue weighted by molar-refractivity contribution is 6.32. The molecular formula is C14H19ClN2O3. The second kappa shape index (κ2) is 6.92. The first kappa shape index (κ1) is 15.1. The van der Waals surface area contributed by atoms with Crippen LogP contribution in [0.3, 0.4) is 0 Å². The van der Waals surface area contributed by atoms with E-state index in [0.29, 0.717) is 36.3 Å². The summed E-state index contributed by atoms with van der Waals surface area (Å²) in [6.45, 7) is 3.41. The smallest absolute Gasteiger partial charge is 0.231 e. The van der Waals surface area contributed by atoms with E-state index < -0.39 is 0 Å². The summed E-state index contributed by atoms with van der Waals surface area (Å²) >= 11 is 6.11. The number of hydrogen-bond acceptors (Lipinski definition) is 4. The SMILES string of the molecule is CCCOc1ccc(NC(=O)C2COCC2N)cc1Cl. The maximum absolute atomic E-state index is 12.0. The van der Waals surface area contributed by atoms with E-state index in [2.05, 4.69) is 5.32 Å². The first-order chi connectivity index (χ1) is 9.61. The molecule has 0 spiro atoms. The minimum atomic E-state index is -0.315. The van der Waals surface area contributed by atoms with E-state index in [1.807, 2.05) is 6.92 Å². The number of nitrogens with one attached hydrogen (secondary N) is 1. The fraction of sp³-hybridized carbons (Fsp3) is 0.500. The van der Waals surface area contributed by atoms with Crippen LogP contribution in [0.25, 0.3) is 0 Å². The van der Waals surface area contributed by atoms with Gasteiger partial charge in [-0.2, -0.15) is 0 Å². The molecule has 110 valence electrons. The molecule has 0 aliphatic carbocycles. The van der Waals surface area contributed by atoms with E-state index in [9.17, 15) is 4.79 Å². The molecule has 20 heavy (non-hydrogen) atoms. The first-order valence-electron chi connectivity index (χ1n) is 6.68. The number of hydrogen-bond donors (Lipinski definition) is 2.